The Bertz CT molecular complexity index is 1030. The highest BCUT2D eigenvalue weighted by Gasteiger charge is 2.38. The van der Waals surface area contributed by atoms with Crippen LogP contribution in [0, 0.1) is 12.8 Å². The van der Waals surface area contributed by atoms with E-state index in [-0.39, 0.29) is 0 Å². The Labute approximate surface area is 177 Å². The van der Waals surface area contributed by atoms with Gasteiger partial charge in [0.05, 0.1) is 18.0 Å². The van der Waals surface area contributed by atoms with Crippen LogP contribution in [0.3, 0.4) is 0 Å². The second kappa shape index (κ2) is 8.11. The van der Waals surface area contributed by atoms with Crippen molar-refractivity contribution in [1.82, 2.24) is 4.57 Å². The summed E-state index contributed by atoms with van der Waals surface area (Å²) in [5.74, 6) is -0.523. The number of halogens is 1. The molecule has 1 N–H and O–H groups in total. The fourth-order valence-corrected chi connectivity index (χ4v) is 4.25. The summed E-state index contributed by atoms with van der Waals surface area (Å²) in [5.41, 5.74) is 3.66. The molecular weight excluding hydrogens is 386 g/mol. The van der Waals surface area contributed by atoms with Crippen molar-refractivity contribution < 1.29 is 14.6 Å². The maximum Gasteiger partial charge on any atom is 0.307 e. The Morgan fingerprint density at radius 3 is 2.45 bits per heavy atom. The Morgan fingerprint density at radius 1 is 1.21 bits per heavy atom. The average Bonchev–Trinajstić information content (AvgIpc) is 2.96. The fourth-order valence-electron chi connectivity index (χ4n) is 4.12. The molecule has 0 radical (unpaired) electrons. The van der Waals surface area contributed by atoms with Crippen molar-refractivity contribution in [2.75, 3.05) is 6.61 Å². The monoisotopic (exact) mass is 413 g/mol. The largest absolute Gasteiger partial charge is 0.493 e. The molecule has 0 saturated heterocycles. The molecule has 1 atom stereocenters. The maximum absolute atomic E-state index is 11.9. The van der Waals surface area contributed by atoms with Gasteiger partial charge in [0.25, 0.3) is 0 Å². The second-order valence-corrected chi connectivity index (χ2v) is 8.49. The number of ether oxygens (including phenoxy) is 1. The zero-order valence-electron chi connectivity index (χ0n) is 17.6. The highest BCUT2D eigenvalue weighted by Crippen LogP contribution is 2.42. The number of benzene rings is 2. The molecule has 1 aromatic heterocycles. The van der Waals surface area contributed by atoms with E-state index < -0.39 is 17.3 Å². The molecule has 0 bridgehead atoms. The fraction of sp³-hybridized carbons (Fsp3) is 0.375. The minimum Gasteiger partial charge on any atom is -0.493 e. The van der Waals surface area contributed by atoms with E-state index in [2.05, 4.69) is 17.6 Å². The molecule has 3 rings (SSSR count). The van der Waals surface area contributed by atoms with E-state index in [4.69, 9.17) is 16.3 Å². The lowest BCUT2D eigenvalue weighted by Gasteiger charge is -2.32. The quantitative estimate of drug-likeness (QED) is 0.513. The van der Waals surface area contributed by atoms with Gasteiger partial charge in [-0.2, -0.15) is 0 Å². The minimum absolute atomic E-state index is 0.551. The van der Waals surface area contributed by atoms with Crippen molar-refractivity contribution >= 4 is 28.5 Å². The SMILES string of the molecule is CCOc1cccc2c1c(C)c(C(C)(C)[C@H](C)C(=O)O)n2Cc1ccc(Cl)cc1. The summed E-state index contributed by atoms with van der Waals surface area (Å²) in [7, 11) is 0. The zero-order chi connectivity index (χ0) is 21.3. The number of aliphatic carboxylic acids is 1. The van der Waals surface area contributed by atoms with Gasteiger partial charge in [-0.05, 0) is 49.2 Å². The van der Waals surface area contributed by atoms with Gasteiger partial charge in [0.1, 0.15) is 5.75 Å². The Hall–Kier alpha value is -2.46. The van der Waals surface area contributed by atoms with Crippen molar-refractivity contribution in [2.45, 2.75) is 46.6 Å². The molecule has 1 heterocycles. The molecular formula is C24H28ClNO3. The summed E-state index contributed by atoms with van der Waals surface area (Å²) in [6.45, 7) is 11.0. The van der Waals surface area contributed by atoms with E-state index >= 15 is 0 Å². The summed E-state index contributed by atoms with van der Waals surface area (Å²) in [4.78, 5) is 11.9. The predicted molar refractivity (Wildman–Crippen MR) is 118 cm³/mol. The van der Waals surface area contributed by atoms with Crippen molar-refractivity contribution in [3.05, 3.63) is 64.3 Å². The van der Waals surface area contributed by atoms with Gasteiger partial charge in [0.2, 0.25) is 0 Å². The molecule has 3 aromatic rings. The number of rotatable bonds is 7. The maximum atomic E-state index is 11.9. The van der Waals surface area contributed by atoms with Gasteiger partial charge in [-0.25, -0.2) is 0 Å². The number of carbonyl (C=O) groups is 1. The molecule has 0 spiro atoms. The zero-order valence-corrected chi connectivity index (χ0v) is 18.4. The Kier molecular flexibility index (Phi) is 5.95. The van der Waals surface area contributed by atoms with Crippen LogP contribution in [-0.4, -0.2) is 22.2 Å². The number of carboxylic acids is 1. The number of hydrogen-bond acceptors (Lipinski definition) is 2. The molecule has 0 unspecified atom stereocenters. The third-order valence-electron chi connectivity index (χ3n) is 5.91. The van der Waals surface area contributed by atoms with E-state index in [0.29, 0.717) is 18.2 Å². The van der Waals surface area contributed by atoms with Crippen molar-refractivity contribution in [3.63, 3.8) is 0 Å². The van der Waals surface area contributed by atoms with Crippen LogP contribution < -0.4 is 4.74 Å². The van der Waals surface area contributed by atoms with Gasteiger partial charge in [0, 0.05) is 28.1 Å². The third-order valence-corrected chi connectivity index (χ3v) is 6.16. The van der Waals surface area contributed by atoms with Crippen LogP contribution >= 0.6 is 11.6 Å². The van der Waals surface area contributed by atoms with Crippen LogP contribution in [0.4, 0.5) is 0 Å². The Morgan fingerprint density at radius 2 is 1.86 bits per heavy atom. The van der Waals surface area contributed by atoms with Gasteiger partial charge >= 0.3 is 5.97 Å². The summed E-state index contributed by atoms with van der Waals surface area (Å²) in [6, 6.07) is 13.8. The van der Waals surface area contributed by atoms with Crippen LogP contribution in [0.5, 0.6) is 5.75 Å². The van der Waals surface area contributed by atoms with Crippen LogP contribution in [0.2, 0.25) is 5.02 Å². The van der Waals surface area contributed by atoms with Gasteiger partial charge in [0.15, 0.2) is 0 Å². The van der Waals surface area contributed by atoms with Crippen LogP contribution in [0.25, 0.3) is 10.9 Å². The molecule has 0 aliphatic heterocycles. The summed E-state index contributed by atoms with van der Waals surface area (Å²) >= 11 is 6.06. The molecule has 0 saturated carbocycles. The van der Waals surface area contributed by atoms with Gasteiger partial charge in [-0.1, -0.05) is 50.6 Å². The first-order valence-corrected chi connectivity index (χ1v) is 10.3. The first-order valence-electron chi connectivity index (χ1n) is 9.90. The van der Waals surface area contributed by atoms with Gasteiger partial charge in [-0.15, -0.1) is 0 Å². The molecule has 0 aliphatic carbocycles. The smallest absolute Gasteiger partial charge is 0.307 e. The van der Waals surface area contributed by atoms with Crippen LogP contribution in [0.15, 0.2) is 42.5 Å². The molecule has 5 heteroatoms. The number of hydrogen-bond donors (Lipinski definition) is 1. The van der Waals surface area contributed by atoms with E-state index in [9.17, 15) is 9.90 Å². The lowest BCUT2D eigenvalue weighted by atomic mass is 9.75. The van der Waals surface area contributed by atoms with E-state index in [1.165, 1.54) is 0 Å². The lowest BCUT2D eigenvalue weighted by molar-refractivity contribution is -0.143. The molecule has 0 aliphatic rings. The van der Waals surface area contributed by atoms with E-state index in [0.717, 1.165) is 33.5 Å². The third kappa shape index (κ3) is 3.86. The average molecular weight is 414 g/mol. The predicted octanol–water partition coefficient (Wildman–Crippen LogP) is 6.05. The second-order valence-electron chi connectivity index (χ2n) is 8.05. The molecule has 4 nitrogen and oxygen atoms in total. The summed E-state index contributed by atoms with van der Waals surface area (Å²) in [5, 5.41) is 11.5. The summed E-state index contributed by atoms with van der Waals surface area (Å²) in [6.07, 6.45) is 0. The summed E-state index contributed by atoms with van der Waals surface area (Å²) < 4.78 is 8.14. The van der Waals surface area contributed by atoms with Crippen LogP contribution in [0.1, 0.15) is 44.5 Å². The number of carboxylic acid groups (broad SMARTS) is 1. The highest BCUT2D eigenvalue weighted by molar-refractivity contribution is 6.30. The van der Waals surface area contributed by atoms with Crippen LogP contribution in [-0.2, 0) is 16.8 Å². The molecule has 0 fully saturated rings. The van der Waals surface area contributed by atoms with E-state index in [1.54, 1.807) is 6.92 Å². The molecule has 29 heavy (non-hydrogen) atoms. The van der Waals surface area contributed by atoms with Crippen molar-refractivity contribution in [2.24, 2.45) is 5.92 Å². The van der Waals surface area contributed by atoms with Crippen molar-refractivity contribution in [1.29, 1.82) is 0 Å². The lowest BCUT2D eigenvalue weighted by Crippen LogP contribution is -2.35. The number of fused-ring (bicyclic) bond motifs is 1. The standard InChI is InChI=1S/C24H28ClNO3/c1-6-29-20-9-7-8-19-21(20)15(2)22(24(4,5)16(3)23(27)28)26(19)14-17-10-12-18(25)13-11-17/h7-13,16H,6,14H2,1-5H3,(H,27,28)/t16-/m1/s1. The number of aryl methyl sites for hydroxylation is 1. The molecule has 0 amide bonds. The molecule has 154 valence electrons. The first-order chi connectivity index (χ1) is 13.7. The van der Waals surface area contributed by atoms with Crippen molar-refractivity contribution in [3.8, 4) is 5.75 Å². The number of aromatic nitrogens is 1. The Balaban J connectivity index is 2.29. The highest BCUT2D eigenvalue weighted by atomic mass is 35.5. The first kappa shape index (κ1) is 21.3. The number of nitrogens with zero attached hydrogens (tertiary/aromatic N) is 1. The normalized spacial score (nSPS) is 12.9. The minimum atomic E-state index is -0.803. The van der Waals surface area contributed by atoms with Gasteiger partial charge < -0.3 is 14.4 Å². The van der Waals surface area contributed by atoms with Gasteiger partial charge in [-0.3, -0.25) is 4.79 Å². The molecule has 2 aromatic carbocycles. The topological polar surface area (TPSA) is 51.5 Å². The van der Waals surface area contributed by atoms with E-state index in [1.807, 2.05) is 57.2 Å².